The summed E-state index contributed by atoms with van der Waals surface area (Å²) >= 11 is 0. The van der Waals surface area contributed by atoms with Crippen molar-refractivity contribution in [3.05, 3.63) is 187 Å². The van der Waals surface area contributed by atoms with E-state index in [2.05, 4.69) is 204 Å². The molecule has 0 bridgehead atoms. The molecule has 1 aliphatic heterocycles. The van der Waals surface area contributed by atoms with Crippen molar-refractivity contribution < 1.29 is 0 Å². The summed E-state index contributed by atoms with van der Waals surface area (Å²) in [5, 5.41) is 3.74. The maximum atomic E-state index is 2.46. The summed E-state index contributed by atoms with van der Waals surface area (Å²) in [6.07, 6.45) is 2.21. The fourth-order valence-corrected chi connectivity index (χ4v) is 8.33. The highest BCUT2D eigenvalue weighted by atomic mass is 15.2. The van der Waals surface area contributed by atoms with Crippen molar-refractivity contribution in [2.45, 2.75) is 19.3 Å². The van der Waals surface area contributed by atoms with Crippen molar-refractivity contribution in [3.63, 3.8) is 0 Å². The Morgan fingerprint density at radius 3 is 1.82 bits per heavy atom. The molecule has 3 nitrogen and oxygen atoms in total. The fourth-order valence-electron chi connectivity index (χ4n) is 8.33. The standard InChI is InChI=1S/C47H35N3/c1-47(2)40-18-7-10-21-44(40)49(45-22-11-8-19-41(45)47)35-15-12-16-36(31-35)50-43-20-9-6-17-37(43)38-27-28-42-39(46(38)50)29-30-48(42)34-25-23-33(24-26-34)32-13-4-3-5-14-32/h3-31H,1-2H3. The van der Waals surface area contributed by atoms with Gasteiger partial charge in [0, 0.05) is 44.8 Å². The molecule has 3 heterocycles. The van der Waals surface area contributed by atoms with Crippen molar-refractivity contribution >= 4 is 49.8 Å². The molecular weight excluding hydrogens is 607 g/mol. The topological polar surface area (TPSA) is 13.1 Å². The quantitative estimate of drug-likeness (QED) is 0.186. The van der Waals surface area contributed by atoms with Gasteiger partial charge in [0.25, 0.3) is 0 Å². The lowest BCUT2D eigenvalue weighted by molar-refractivity contribution is 0.632. The summed E-state index contributed by atoms with van der Waals surface area (Å²) in [5.41, 5.74) is 14.5. The number of rotatable bonds is 4. The van der Waals surface area contributed by atoms with Crippen LogP contribution in [0.1, 0.15) is 25.0 Å². The van der Waals surface area contributed by atoms with Gasteiger partial charge in [0.2, 0.25) is 0 Å². The van der Waals surface area contributed by atoms with Crippen LogP contribution >= 0.6 is 0 Å². The summed E-state index contributed by atoms with van der Waals surface area (Å²) in [5.74, 6) is 0. The van der Waals surface area contributed by atoms with Gasteiger partial charge in [0.05, 0.1) is 27.9 Å². The van der Waals surface area contributed by atoms with E-state index >= 15 is 0 Å². The molecule has 0 fully saturated rings. The van der Waals surface area contributed by atoms with Crippen LogP contribution in [0.15, 0.2) is 176 Å². The molecule has 0 saturated heterocycles. The molecule has 0 spiro atoms. The lowest BCUT2D eigenvalue weighted by Crippen LogP contribution is -2.30. The Bertz CT molecular complexity index is 2680. The Balaban J connectivity index is 1.16. The van der Waals surface area contributed by atoms with Gasteiger partial charge in [-0.2, -0.15) is 0 Å². The van der Waals surface area contributed by atoms with E-state index in [-0.39, 0.29) is 5.41 Å². The average Bonchev–Trinajstić information content (AvgIpc) is 3.75. The number of anilines is 3. The molecule has 0 N–H and O–H groups in total. The second-order valence-corrected chi connectivity index (χ2v) is 13.9. The molecule has 238 valence electrons. The molecule has 7 aromatic carbocycles. The second kappa shape index (κ2) is 10.8. The highest BCUT2D eigenvalue weighted by Crippen LogP contribution is 2.52. The molecule has 9 aromatic rings. The molecule has 2 aromatic heterocycles. The van der Waals surface area contributed by atoms with Crippen LogP contribution < -0.4 is 4.90 Å². The summed E-state index contributed by atoms with van der Waals surface area (Å²) in [7, 11) is 0. The monoisotopic (exact) mass is 641 g/mol. The summed E-state index contributed by atoms with van der Waals surface area (Å²) < 4.78 is 4.77. The highest BCUT2D eigenvalue weighted by Gasteiger charge is 2.36. The number of hydrogen-bond acceptors (Lipinski definition) is 1. The summed E-state index contributed by atoms with van der Waals surface area (Å²) in [6.45, 7) is 4.68. The third kappa shape index (κ3) is 4.17. The van der Waals surface area contributed by atoms with E-state index in [1.807, 2.05) is 0 Å². The average molecular weight is 642 g/mol. The molecule has 0 saturated carbocycles. The lowest BCUT2D eigenvalue weighted by Gasteiger charge is -2.42. The number of hydrogen-bond donors (Lipinski definition) is 0. The maximum Gasteiger partial charge on any atom is 0.0635 e. The van der Waals surface area contributed by atoms with E-state index in [0.717, 1.165) is 17.1 Å². The van der Waals surface area contributed by atoms with Crippen molar-refractivity contribution in [2.75, 3.05) is 4.90 Å². The first-order valence-corrected chi connectivity index (χ1v) is 17.4. The molecule has 0 radical (unpaired) electrons. The van der Waals surface area contributed by atoms with Crippen LogP contribution in [-0.2, 0) is 5.41 Å². The van der Waals surface area contributed by atoms with Crippen molar-refractivity contribution in [1.29, 1.82) is 0 Å². The van der Waals surface area contributed by atoms with Gasteiger partial charge in [-0.1, -0.05) is 123 Å². The van der Waals surface area contributed by atoms with Gasteiger partial charge in [-0.15, -0.1) is 0 Å². The van der Waals surface area contributed by atoms with Crippen LogP contribution in [0.25, 0.3) is 55.2 Å². The van der Waals surface area contributed by atoms with Crippen LogP contribution in [0.5, 0.6) is 0 Å². The summed E-state index contributed by atoms with van der Waals surface area (Å²) in [6, 6.07) is 61.9. The van der Waals surface area contributed by atoms with Gasteiger partial charge in [-0.25, -0.2) is 0 Å². The highest BCUT2D eigenvalue weighted by molar-refractivity contribution is 6.18. The van der Waals surface area contributed by atoms with Crippen LogP contribution in [0.4, 0.5) is 17.1 Å². The third-order valence-corrected chi connectivity index (χ3v) is 10.7. The van der Waals surface area contributed by atoms with Gasteiger partial charge in [-0.05, 0) is 82.9 Å². The first-order chi connectivity index (χ1) is 24.6. The predicted molar refractivity (Wildman–Crippen MR) is 210 cm³/mol. The molecule has 3 heteroatoms. The van der Waals surface area contributed by atoms with Gasteiger partial charge >= 0.3 is 0 Å². The van der Waals surface area contributed by atoms with Crippen LogP contribution in [0.2, 0.25) is 0 Å². The maximum absolute atomic E-state index is 2.46. The smallest absolute Gasteiger partial charge is 0.0635 e. The van der Waals surface area contributed by atoms with E-state index in [4.69, 9.17) is 0 Å². The molecular formula is C47H35N3. The minimum Gasteiger partial charge on any atom is -0.316 e. The van der Waals surface area contributed by atoms with Crippen LogP contribution in [-0.4, -0.2) is 9.13 Å². The zero-order valence-electron chi connectivity index (χ0n) is 28.1. The molecule has 0 amide bonds. The Kier molecular flexibility index (Phi) is 6.22. The number of para-hydroxylation sites is 3. The Morgan fingerprint density at radius 2 is 1.06 bits per heavy atom. The summed E-state index contributed by atoms with van der Waals surface area (Å²) in [4.78, 5) is 2.44. The molecule has 0 aliphatic carbocycles. The van der Waals surface area contributed by atoms with E-state index in [1.165, 1.54) is 66.3 Å². The van der Waals surface area contributed by atoms with Crippen molar-refractivity contribution in [2.24, 2.45) is 0 Å². The largest absolute Gasteiger partial charge is 0.316 e. The first-order valence-electron chi connectivity index (χ1n) is 17.4. The molecule has 50 heavy (non-hydrogen) atoms. The number of nitrogens with zero attached hydrogens (tertiary/aromatic N) is 3. The minimum atomic E-state index is -0.102. The molecule has 10 rings (SSSR count). The van der Waals surface area contributed by atoms with Gasteiger partial charge < -0.3 is 14.0 Å². The molecule has 0 atom stereocenters. The number of aromatic nitrogens is 2. The molecule has 0 unspecified atom stereocenters. The van der Waals surface area contributed by atoms with Crippen LogP contribution in [0, 0.1) is 0 Å². The number of fused-ring (bicyclic) bond motifs is 7. The fraction of sp³-hybridized carbons (Fsp3) is 0.0638. The Labute approximate surface area is 291 Å². The van der Waals surface area contributed by atoms with Gasteiger partial charge in [0.1, 0.15) is 0 Å². The Morgan fingerprint density at radius 1 is 0.420 bits per heavy atom. The van der Waals surface area contributed by atoms with Crippen LogP contribution in [0.3, 0.4) is 0 Å². The van der Waals surface area contributed by atoms with E-state index in [9.17, 15) is 0 Å². The Hall–Kier alpha value is -6.32. The zero-order valence-corrected chi connectivity index (χ0v) is 28.1. The SMILES string of the molecule is CC1(C)c2ccccc2N(c2cccc(-n3c4ccccc4c4ccc5c(ccn5-c5ccc(-c6ccccc6)cc5)c43)c2)c2ccccc21. The van der Waals surface area contributed by atoms with Gasteiger partial charge in [-0.3, -0.25) is 0 Å². The van der Waals surface area contributed by atoms with E-state index in [0.29, 0.717) is 0 Å². The van der Waals surface area contributed by atoms with E-state index < -0.39 is 0 Å². The van der Waals surface area contributed by atoms with Gasteiger partial charge in [0.15, 0.2) is 0 Å². The second-order valence-electron chi connectivity index (χ2n) is 13.9. The third-order valence-electron chi connectivity index (χ3n) is 10.7. The van der Waals surface area contributed by atoms with E-state index in [1.54, 1.807) is 0 Å². The predicted octanol–water partition coefficient (Wildman–Crippen LogP) is 12.5. The zero-order chi connectivity index (χ0) is 33.4. The minimum absolute atomic E-state index is 0.102. The first kappa shape index (κ1) is 28.7. The van der Waals surface area contributed by atoms with Crippen molar-refractivity contribution in [3.8, 4) is 22.5 Å². The number of benzene rings is 7. The van der Waals surface area contributed by atoms with Crippen molar-refractivity contribution in [1.82, 2.24) is 9.13 Å². The lowest BCUT2D eigenvalue weighted by atomic mass is 9.73. The molecule has 1 aliphatic rings. The normalized spacial score (nSPS) is 13.5.